The van der Waals surface area contributed by atoms with Gasteiger partial charge in [0.2, 0.25) is 0 Å². The highest BCUT2D eigenvalue weighted by atomic mass is 35.5. The Labute approximate surface area is 232 Å². The molecule has 1 spiro atoms. The molecule has 5 aliphatic rings. The molecule has 1 saturated heterocycles. The van der Waals surface area contributed by atoms with Gasteiger partial charge in [-0.3, -0.25) is 4.90 Å². The average molecular weight is 539 g/mol. The van der Waals surface area contributed by atoms with Crippen LogP contribution in [0.25, 0.3) is 10.9 Å². The van der Waals surface area contributed by atoms with E-state index in [0.29, 0.717) is 23.7 Å². The fraction of sp³-hybridized carbons (Fsp3) is 0.394. The summed E-state index contributed by atoms with van der Waals surface area (Å²) in [6.45, 7) is 2.70. The van der Waals surface area contributed by atoms with Crippen molar-refractivity contribution >= 4 is 22.5 Å². The minimum absolute atomic E-state index is 0.0146. The number of rotatable bonds is 4. The second kappa shape index (κ2) is 7.60. The molecule has 6 heteroatoms. The van der Waals surface area contributed by atoms with Crippen molar-refractivity contribution in [2.75, 3.05) is 13.1 Å². The summed E-state index contributed by atoms with van der Waals surface area (Å²) in [6, 6.07) is 20.5. The molecule has 2 aliphatic heterocycles. The number of likely N-dealkylation sites (tertiary alicyclic amines) is 1. The molecule has 2 N–H and O–H groups in total. The molecule has 9 rings (SSSR count). The standard InChI is InChI=1S/C33H31ClN2O3/c34-22-9-10-25-23(15-22)24-16-33(38)27-14-21-8-11-26(37)30-28(21)32(33,12-13-35(27)17-20-6-7-20)31(39-30)29(24)36(25)18-19-4-2-1-3-5-19/h1-5,8-11,15,20,27,31,37-38H,6-7,12-14,16-18H2/t27-,31-,32-,33+/m0/s1. The van der Waals surface area contributed by atoms with Gasteiger partial charge in [0.05, 0.1) is 16.7 Å². The van der Waals surface area contributed by atoms with E-state index in [9.17, 15) is 10.2 Å². The van der Waals surface area contributed by atoms with Crippen LogP contribution in [-0.4, -0.2) is 44.4 Å². The lowest BCUT2D eigenvalue weighted by Gasteiger charge is -2.63. The largest absolute Gasteiger partial charge is 0.504 e. The van der Waals surface area contributed by atoms with Gasteiger partial charge in [0.25, 0.3) is 0 Å². The Morgan fingerprint density at radius 2 is 1.90 bits per heavy atom. The number of halogens is 1. The third kappa shape index (κ3) is 2.83. The predicted molar refractivity (Wildman–Crippen MR) is 151 cm³/mol. The van der Waals surface area contributed by atoms with E-state index in [1.54, 1.807) is 6.07 Å². The SMILES string of the molecule is Oc1ccc2c3c1O[C@H]1c4c(c5cc(Cl)ccc5n4Cc4ccccc4)C[C@@]4(O)[C@H](C2)N(CC2CC2)CC[C@]314. The van der Waals surface area contributed by atoms with Crippen LogP contribution in [-0.2, 0) is 24.8 Å². The van der Waals surface area contributed by atoms with E-state index in [1.165, 1.54) is 24.0 Å². The number of piperidine rings is 1. The normalized spacial score (nSPS) is 30.2. The fourth-order valence-corrected chi connectivity index (χ4v) is 8.93. The zero-order chi connectivity index (χ0) is 26.1. The number of ether oxygens (including phenoxy) is 1. The van der Waals surface area contributed by atoms with Gasteiger partial charge in [0, 0.05) is 47.0 Å². The number of aromatic nitrogens is 1. The first kappa shape index (κ1) is 22.8. The number of aliphatic hydroxyl groups is 1. The monoisotopic (exact) mass is 538 g/mol. The zero-order valence-electron chi connectivity index (χ0n) is 21.7. The van der Waals surface area contributed by atoms with Gasteiger partial charge in [-0.1, -0.05) is 48.0 Å². The summed E-state index contributed by atoms with van der Waals surface area (Å²) < 4.78 is 9.27. The predicted octanol–water partition coefficient (Wildman–Crippen LogP) is 5.75. The number of hydrogen-bond donors (Lipinski definition) is 2. The molecule has 0 amide bonds. The minimum Gasteiger partial charge on any atom is -0.504 e. The van der Waals surface area contributed by atoms with Crippen molar-refractivity contribution in [1.29, 1.82) is 0 Å². The summed E-state index contributed by atoms with van der Waals surface area (Å²) in [5, 5.41) is 26.0. The van der Waals surface area contributed by atoms with Crippen LogP contribution >= 0.6 is 11.6 Å². The van der Waals surface area contributed by atoms with E-state index in [1.807, 2.05) is 12.1 Å². The molecule has 3 heterocycles. The summed E-state index contributed by atoms with van der Waals surface area (Å²) in [5.41, 5.74) is 5.26. The average Bonchev–Trinajstić information content (AvgIpc) is 3.61. The van der Waals surface area contributed by atoms with Crippen molar-refractivity contribution in [2.45, 2.75) is 61.8 Å². The van der Waals surface area contributed by atoms with Crippen molar-refractivity contribution in [3.8, 4) is 11.5 Å². The molecule has 0 radical (unpaired) electrons. The molecule has 4 aromatic rings. The summed E-state index contributed by atoms with van der Waals surface area (Å²) in [5.74, 6) is 1.50. The Morgan fingerprint density at radius 1 is 1.05 bits per heavy atom. The fourth-order valence-electron chi connectivity index (χ4n) is 8.76. The summed E-state index contributed by atoms with van der Waals surface area (Å²) in [6.07, 6.45) is 4.36. The lowest BCUT2D eigenvalue weighted by atomic mass is 9.49. The van der Waals surface area contributed by atoms with Crippen LogP contribution in [0.15, 0.2) is 60.7 Å². The van der Waals surface area contributed by atoms with E-state index in [4.69, 9.17) is 16.3 Å². The van der Waals surface area contributed by atoms with Crippen molar-refractivity contribution in [1.82, 2.24) is 9.47 Å². The molecule has 3 aliphatic carbocycles. The Hall–Kier alpha value is -2.99. The molecule has 1 aromatic heterocycles. The first-order valence-electron chi connectivity index (χ1n) is 14.3. The molecule has 5 nitrogen and oxygen atoms in total. The number of fused-ring (bicyclic) bond motifs is 4. The Kier molecular flexibility index (Phi) is 4.44. The first-order chi connectivity index (χ1) is 19.0. The van der Waals surface area contributed by atoms with Gasteiger partial charge in [-0.2, -0.15) is 0 Å². The van der Waals surface area contributed by atoms with Crippen LogP contribution in [0.4, 0.5) is 0 Å². The zero-order valence-corrected chi connectivity index (χ0v) is 22.5. The molecule has 198 valence electrons. The van der Waals surface area contributed by atoms with Crippen LogP contribution in [0, 0.1) is 5.92 Å². The molecule has 0 unspecified atom stereocenters. The highest BCUT2D eigenvalue weighted by molar-refractivity contribution is 6.31. The maximum absolute atomic E-state index is 13.1. The van der Waals surface area contributed by atoms with Crippen LogP contribution < -0.4 is 4.74 Å². The molecule has 2 fully saturated rings. The third-order valence-electron chi connectivity index (χ3n) is 10.6. The summed E-state index contributed by atoms with van der Waals surface area (Å²) in [7, 11) is 0. The highest BCUT2D eigenvalue weighted by Crippen LogP contribution is 2.69. The number of phenolic OH excluding ortho intramolecular Hbond substituents is 1. The highest BCUT2D eigenvalue weighted by Gasteiger charge is 2.73. The molecular weight excluding hydrogens is 508 g/mol. The van der Waals surface area contributed by atoms with Crippen molar-refractivity contribution in [3.05, 3.63) is 93.6 Å². The molecule has 1 saturated carbocycles. The van der Waals surface area contributed by atoms with E-state index < -0.39 is 11.0 Å². The quantitative estimate of drug-likeness (QED) is 0.347. The van der Waals surface area contributed by atoms with Gasteiger partial charge < -0.3 is 19.5 Å². The molecule has 39 heavy (non-hydrogen) atoms. The van der Waals surface area contributed by atoms with Gasteiger partial charge in [0.1, 0.15) is 0 Å². The van der Waals surface area contributed by atoms with E-state index in [2.05, 4.69) is 51.9 Å². The van der Waals surface area contributed by atoms with Gasteiger partial charge in [-0.25, -0.2) is 0 Å². The Bertz CT molecular complexity index is 1680. The maximum atomic E-state index is 13.1. The first-order valence-corrected chi connectivity index (χ1v) is 14.7. The summed E-state index contributed by atoms with van der Waals surface area (Å²) in [4.78, 5) is 2.58. The van der Waals surface area contributed by atoms with Crippen molar-refractivity contribution < 1.29 is 14.9 Å². The number of aromatic hydroxyl groups is 1. The number of nitrogens with zero attached hydrogens (tertiary/aromatic N) is 2. The van der Waals surface area contributed by atoms with Crippen molar-refractivity contribution in [2.24, 2.45) is 5.92 Å². The van der Waals surface area contributed by atoms with Crippen LogP contribution in [0.2, 0.25) is 5.02 Å². The molecule has 4 atom stereocenters. The van der Waals surface area contributed by atoms with Gasteiger partial charge in [-0.15, -0.1) is 0 Å². The molecular formula is C33H31ClN2O3. The van der Waals surface area contributed by atoms with E-state index >= 15 is 0 Å². The van der Waals surface area contributed by atoms with Gasteiger partial charge in [-0.05, 0) is 79.1 Å². The van der Waals surface area contributed by atoms with Gasteiger partial charge >= 0.3 is 0 Å². The number of benzene rings is 3. The number of hydrogen-bond acceptors (Lipinski definition) is 4. The number of phenols is 1. The Morgan fingerprint density at radius 3 is 2.72 bits per heavy atom. The van der Waals surface area contributed by atoms with E-state index in [-0.39, 0.29) is 17.9 Å². The third-order valence-corrected chi connectivity index (χ3v) is 10.8. The van der Waals surface area contributed by atoms with Crippen LogP contribution in [0.5, 0.6) is 11.5 Å². The maximum Gasteiger partial charge on any atom is 0.166 e. The minimum atomic E-state index is -1.00. The molecule has 2 bridgehead atoms. The lowest BCUT2D eigenvalue weighted by Crippen LogP contribution is -2.74. The second-order valence-corrected chi connectivity index (χ2v) is 13.0. The van der Waals surface area contributed by atoms with Crippen LogP contribution in [0.1, 0.15) is 53.3 Å². The van der Waals surface area contributed by atoms with Crippen molar-refractivity contribution in [3.63, 3.8) is 0 Å². The topological polar surface area (TPSA) is 57.9 Å². The van der Waals surface area contributed by atoms with Crippen LogP contribution in [0.3, 0.4) is 0 Å². The second-order valence-electron chi connectivity index (χ2n) is 12.5. The smallest absolute Gasteiger partial charge is 0.166 e. The summed E-state index contributed by atoms with van der Waals surface area (Å²) >= 11 is 6.59. The lowest BCUT2D eigenvalue weighted by molar-refractivity contribution is -0.173. The van der Waals surface area contributed by atoms with E-state index in [0.717, 1.165) is 59.6 Å². The van der Waals surface area contributed by atoms with Gasteiger partial charge in [0.15, 0.2) is 17.6 Å². The Balaban J connectivity index is 1.33. The molecule has 3 aromatic carbocycles.